The molecule has 238 valence electrons. The number of benzene rings is 2. The monoisotopic (exact) mass is 629 g/mol. The van der Waals surface area contributed by atoms with Gasteiger partial charge in [-0.15, -0.1) is 0 Å². The van der Waals surface area contributed by atoms with Gasteiger partial charge in [-0.2, -0.15) is 0 Å². The molecule has 2 aromatic carbocycles. The van der Waals surface area contributed by atoms with Gasteiger partial charge in [-0.25, -0.2) is 13.2 Å². The summed E-state index contributed by atoms with van der Waals surface area (Å²) in [5.74, 6) is 0.899. The van der Waals surface area contributed by atoms with Crippen molar-refractivity contribution in [2.45, 2.75) is 51.2 Å². The van der Waals surface area contributed by atoms with E-state index in [1.165, 1.54) is 24.1 Å². The van der Waals surface area contributed by atoms with Gasteiger partial charge in [-0.1, -0.05) is 12.1 Å². The molecule has 0 saturated heterocycles. The second-order valence-electron chi connectivity index (χ2n) is 11.0. The van der Waals surface area contributed by atoms with Crippen LogP contribution in [0.5, 0.6) is 11.5 Å². The molecule has 0 aliphatic carbocycles. The van der Waals surface area contributed by atoms with Crippen LogP contribution in [0.25, 0.3) is 0 Å². The molecule has 0 radical (unpaired) electrons. The lowest BCUT2D eigenvalue weighted by molar-refractivity contribution is -0.134. The number of nitrogens with one attached hydrogen (secondary N) is 2. The maximum absolute atomic E-state index is 13.5. The number of hydrogen-bond acceptors (Lipinski definition) is 9. The third-order valence-corrected chi connectivity index (χ3v) is 9.00. The number of hydrogen-bond donors (Lipinski definition) is 3. The molecule has 0 spiro atoms. The van der Waals surface area contributed by atoms with Crippen LogP contribution >= 0.6 is 0 Å². The zero-order valence-electron chi connectivity index (χ0n) is 25.7. The molecule has 3 atom stereocenters. The molecule has 3 aromatic rings. The Bertz CT molecular complexity index is 1570. The summed E-state index contributed by atoms with van der Waals surface area (Å²) in [7, 11) is -0.815. The van der Waals surface area contributed by atoms with Crippen molar-refractivity contribution in [1.29, 1.82) is 0 Å². The number of carbonyl (C=O) groups is 2. The van der Waals surface area contributed by atoms with Gasteiger partial charge in [-0.3, -0.25) is 9.52 Å². The van der Waals surface area contributed by atoms with Gasteiger partial charge >= 0.3 is 6.03 Å². The number of ether oxygens (including phenoxy) is 2. The Morgan fingerprint density at radius 1 is 1.23 bits per heavy atom. The van der Waals surface area contributed by atoms with Crippen molar-refractivity contribution in [2.75, 3.05) is 43.9 Å². The van der Waals surface area contributed by atoms with Gasteiger partial charge in [0.2, 0.25) is 5.91 Å². The molecular formula is C30H39N5O8S. The number of amides is 3. The van der Waals surface area contributed by atoms with E-state index in [1.54, 1.807) is 63.1 Å². The molecule has 3 N–H and O–H groups in total. The Labute approximate surface area is 257 Å². The largest absolute Gasteiger partial charge is 0.497 e. The van der Waals surface area contributed by atoms with Gasteiger partial charge in [0.15, 0.2) is 5.76 Å². The van der Waals surface area contributed by atoms with Gasteiger partial charge in [-0.05, 0) is 63.2 Å². The lowest BCUT2D eigenvalue weighted by Crippen LogP contribution is -2.48. The van der Waals surface area contributed by atoms with Crippen LogP contribution in [-0.2, 0) is 21.2 Å². The van der Waals surface area contributed by atoms with E-state index in [1.807, 2.05) is 6.92 Å². The predicted molar refractivity (Wildman–Crippen MR) is 163 cm³/mol. The van der Waals surface area contributed by atoms with Crippen molar-refractivity contribution >= 4 is 33.3 Å². The highest BCUT2D eigenvalue weighted by Crippen LogP contribution is 2.30. The average Bonchev–Trinajstić information content (AvgIpc) is 3.33. The zero-order valence-corrected chi connectivity index (χ0v) is 26.5. The zero-order chi connectivity index (χ0) is 32.2. The highest BCUT2D eigenvalue weighted by atomic mass is 32.2. The number of carbonyl (C=O) groups excluding carboxylic acids is 2. The minimum atomic E-state index is -3.94. The average molecular weight is 630 g/mol. The summed E-state index contributed by atoms with van der Waals surface area (Å²) in [6.07, 6.45) is -0.644. The highest BCUT2D eigenvalue weighted by molar-refractivity contribution is 7.92. The fraction of sp³-hybridized carbons (Fsp3) is 0.433. The fourth-order valence-electron chi connectivity index (χ4n) is 4.90. The third kappa shape index (κ3) is 7.42. The first kappa shape index (κ1) is 32.6. The summed E-state index contributed by atoms with van der Waals surface area (Å²) in [4.78, 5) is 29.7. The van der Waals surface area contributed by atoms with Crippen LogP contribution in [0.15, 0.2) is 51.9 Å². The maximum Gasteiger partial charge on any atom is 0.321 e. The van der Waals surface area contributed by atoms with Crippen molar-refractivity contribution in [3.8, 4) is 11.5 Å². The van der Waals surface area contributed by atoms with Gasteiger partial charge in [0.1, 0.15) is 29.0 Å². The molecule has 2 heterocycles. The molecule has 0 fully saturated rings. The number of nitrogens with zero attached hydrogens (tertiary/aromatic N) is 3. The molecular weight excluding hydrogens is 590 g/mol. The fourth-order valence-corrected chi connectivity index (χ4v) is 5.95. The summed E-state index contributed by atoms with van der Waals surface area (Å²) < 4.78 is 45.5. The Morgan fingerprint density at radius 2 is 1.93 bits per heavy atom. The number of aliphatic hydroxyl groups is 1. The second-order valence-corrected chi connectivity index (χ2v) is 12.7. The van der Waals surface area contributed by atoms with Crippen molar-refractivity contribution in [2.24, 2.45) is 5.92 Å². The Hall–Kier alpha value is -4.30. The molecule has 0 unspecified atom stereocenters. The van der Waals surface area contributed by atoms with Crippen LogP contribution in [-0.4, -0.2) is 86.4 Å². The molecule has 3 amide bonds. The van der Waals surface area contributed by atoms with E-state index in [-0.39, 0.29) is 48.5 Å². The number of fused-ring (bicyclic) bond motifs is 1. The van der Waals surface area contributed by atoms with Crippen LogP contribution in [0, 0.1) is 19.8 Å². The highest BCUT2D eigenvalue weighted by Gasteiger charge is 2.32. The van der Waals surface area contributed by atoms with Crippen LogP contribution in [0.4, 0.5) is 16.2 Å². The van der Waals surface area contributed by atoms with E-state index in [9.17, 15) is 23.1 Å². The van der Waals surface area contributed by atoms with Crippen molar-refractivity contribution in [3.63, 3.8) is 0 Å². The quantitative estimate of drug-likeness (QED) is 0.322. The molecule has 4 rings (SSSR count). The minimum absolute atomic E-state index is 0.0453. The van der Waals surface area contributed by atoms with Crippen LogP contribution < -0.4 is 19.5 Å². The summed E-state index contributed by atoms with van der Waals surface area (Å²) in [5.41, 5.74) is 1.75. The van der Waals surface area contributed by atoms with Gasteiger partial charge in [0, 0.05) is 30.8 Å². The smallest absolute Gasteiger partial charge is 0.321 e. The van der Waals surface area contributed by atoms with Crippen molar-refractivity contribution in [1.82, 2.24) is 15.0 Å². The predicted octanol–water partition coefficient (Wildman–Crippen LogP) is 3.41. The number of aryl methyl sites for hydroxylation is 2. The van der Waals surface area contributed by atoms with E-state index in [2.05, 4.69) is 15.2 Å². The topological polar surface area (TPSA) is 164 Å². The summed E-state index contributed by atoms with van der Waals surface area (Å²) in [6.45, 7) is 7.30. The molecule has 0 saturated carbocycles. The van der Waals surface area contributed by atoms with Crippen LogP contribution in [0.2, 0.25) is 0 Å². The molecule has 14 heteroatoms. The molecule has 1 aliphatic rings. The van der Waals surface area contributed by atoms with E-state index in [0.717, 1.165) is 0 Å². The number of sulfonamides is 1. The number of methoxy groups -OCH3 is 1. The van der Waals surface area contributed by atoms with Gasteiger partial charge in [0.05, 0.1) is 37.6 Å². The Balaban J connectivity index is 1.62. The first-order valence-corrected chi connectivity index (χ1v) is 15.6. The number of aliphatic hydroxyl groups excluding tert-OH is 1. The molecule has 44 heavy (non-hydrogen) atoms. The van der Waals surface area contributed by atoms with Crippen LogP contribution in [0.3, 0.4) is 0 Å². The van der Waals surface area contributed by atoms with E-state index in [0.29, 0.717) is 34.2 Å². The van der Waals surface area contributed by atoms with Crippen molar-refractivity contribution in [3.05, 3.63) is 59.5 Å². The standard InChI is InChI=1S/C30H39N5O8S/c1-18-15-35(19(2)17-36)28(37)14-22-13-23(33-44(39,40)25-10-8-24(41-6)9-11-25)7-12-26(22)42-27(18)16-34(5)30(38)31-29-20(3)32-43-21(29)4/h7-13,18-19,27,33,36H,14-17H2,1-6H3,(H,31,38)/t18-,19-,27+/m0/s1. The van der Waals surface area contributed by atoms with E-state index in [4.69, 9.17) is 14.0 Å². The van der Waals surface area contributed by atoms with E-state index < -0.39 is 28.2 Å². The Morgan fingerprint density at radius 3 is 2.55 bits per heavy atom. The minimum Gasteiger partial charge on any atom is -0.497 e. The maximum atomic E-state index is 13.5. The number of likely N-dealkylation sites (N-methyl/N-ethyl adjacent to an activating group) is 1. The molecule has 13 nitrogen and oxygen atoms in total. The van der Waals surface area contributed by atoms with Gasteiger partial charge in [0.25, 0.3) is 10.0 Å². The lowest BCUT2D eigenvalue weighted by Gasteiger charge is -2.34. The number of urea groups is 1. The van der Waals surface area contributed by atoms with E-state index >= 15 is 0 Å². The molecule has 1 aromatic heterocycles. The lowest BCUT2D eigenvalue weighted by atomic mass is 10.0. The first-order valence-electron chi connectivity index (χ1n) is 14.1. The number of aromatic nitrogens is 1. The molecule has 0 bridgehead atoms. The SMILES string of the molecule is COc1ccc(S(=O)(=O)Nc2ccc3c(c2)CC(=O)N([C@@H](C)CO)C[C@H](C)[C@@H](CN(C)C(=O)Nc2c(C)noc2C)O3)cc1. The normalized spacial score (nSPS) is 17.8. The summed E-state index contributed by atoms with van der Waals surface area (Å²) >= 11 is 0. The molecule has 1 aliphatic heterocycles. The number of anilines is 2. The Kier molecular flexibility index (Phi) is 10.0. The van der Waals surface area contributed by atoms with Crippen molar-refractivity contribution < 1.29 is 37.1 Å². The summed E-state index contributed by atoms with van der Waals surface area (Å²) in [6, 6.07) is 9.85. The number of rotatable bonds is 9. The first-order chi connectivity index (χ1) is 20.8. The van der Waals surface area contributed by atoms with Crippen LogP contribution in [0.1, 0.15) is 30.9 Å². The van der Waals surface area contributed by atoms with Gasteiger partial charge < -0.3 is 34.2 Å². The second kappa shape index (κ2) is 13.6. The summed E-state index contributed by atoms with van der Waals surface area (Å²) in [5, 5.41) is 16.6. The third-order valence-electron chi connectivity index (χ3n) is 7.60.